The minimum atomic E-state index is -0.417. The summed E-state index contributed by atoms with van der Waals surface area (Å²) in [6.07, 6.45) is -0.417. The number of amides is 1. The molecule has 0 aliphatic carbocycles. The standard InChI is InChI=1S/C13H15N3O4/c17-12-11-8-15(6-7-16(11)14-20-12)13(18)19-9-10-4-2-1-3-5-10/h1-5,14,17H,6-9H2. The number of rotatable bonds is 2. The van der Waals surface area contributed by atoms with E-state index in [9.17, 15) is 9.90 Å². The number of quaternary nitrogens is 1. The van der Waals surface area contributed by atoms with E-state index in [1.165, 1.54) is 4.90 Å². The number of fused-ring (bicyclic) bond motifs is 1. The van der Waals surface area contributed by atoms with Gasteiger partial charge in [-0.3, -0.25) is 4.90 Å². The van der Waals surface area contributed by atoms with Crippen LogP contribution in [-0.2, 0) is 16.2 Å². The molecule has 2 aliphatic heterocycles. The van der Waals surface area contributed by atoms with E-state index in [4.69, 9.17) is 9.57 Å². The Morgan fingerprint density at radius 3 is 3.05 bits per heavy atom. The molecule has 3 rings (SSSR count). The Hall–Kier alpha value is -2.25. The molecule has 1 amide bonds. The molecule has 1 aromatic rings. The summed E-state index contributed by atoms with van der Waals surface area (Å²) >= 11 is 0. The Kier molecular flexibility index (Phi) is 3.44. The van der Waals surface area contributed by atoms with Crippen LogP contribution in [-0.4, -0.2) is 30.6 Å². The third kappa shape index (κ3) is 2.54. The van der Waals surface area contributed by atoms with Crippen molar-refractivity contribution in [3.05, 3.63) is 47.5 Å². The molecule has 2 N–H and O–H groups in total. The lowest BCUT2D eigenvalue weighted by atomic mass is 10.2. The first-order chi connectivity index (χ1) is 9.74. The van der Waals surface area contributed by atoms with Crippen molar-refractivity contribution in [2.24, 2.45) is 0 Å². The zero-order chi connectivity index (χ0) is 13.9. The Labute approximate surface area is 115 Å². The minimum absolute atomic E-state index is 0.227. The number of hydrogen-bond acceptors (Lipinski definition) is 5. The summed E-state index contributed by atoms with van der Waals surface area (Å²) in [6, 6.07) is 9.47. The van der Waals surface area contributed by atoms with Crippen molar-refractivity contribution in [1.29, 1.82) is 0 Å². The van der Waals surface area contributed by atoms with Crippen LogP contribution in [0, 0.1) is 0 Å². The van der Waals surface area contributed by atoms with Gasteiger partial charge in [-0.05, 0) is 5.56 Å². The van der Waals surface area contributed by atoms with Crippen LogP contribution in [0.25, 0.3) is 0 Å². The number of benzene rings is 1. The number of carbonyl (C=O) groups excluding carboxylic acids is 1. The first-order valence-electron chi connectivity index (χ1n) is 6.39. The fraction of sp³-hybridized carbons (Fsp3) is 0.308. The van der Waals surface area contributed by atoms with Crippen molar-refractivity contribution in [3.8, 4) is 0 Å². The molecule has 1 saturated heterocycles. The first kappa shape index (κ1) is 12.8. The number of hydrogen-bond donors (Lipinski definition) is 2. The SMILES string of the molecule is O=C(OCc1ccccc1)N1CC[NH+]2NOC([O-])=C2C1. The Morgan fingerprint density at radius 2 is 2.25 bits per heavy atom. The molecule has 7 heteroatoms. The predicted octanol–water partition coefficient (Wildman–Crippen LogP) is -1.50. The third-order valence-electron chi connectivity index (χ3n) is 3.32. The second-order valence-corrected chi connectivity index (χ2v) is 4.66. The van der Waals surface area contributed by atoms with E-state index in [1.807, 2.05) is 30.3 Å². The molecular weight excluding hydrogens is 262 g/mol. The highest BCUT2D eigenvalue weighted by atomic mass is 16.8. The van der Waals surface area contributed by atoms with Crippen LogP contribution in [0.3, 0.4) is 0 Å². The molecule has 106 valence electrons. The summed E-state index contributed by atoms with van der Waals surface area (Å²) in [4.78, 5) is 18.2. The van der Waals surface area contributed by atoms with Gasteiger partial charge in [-0.15, -0.1) is 0 Å². The minimum Gasteiger partial charge on any atom is -0.540 e. The summed E-state index contributed by atoms with van der Waals surface area (Å²) in [5, 5.41) is 12.2. The highest BCUT2D eigenvalue weighted by Gasteiger charge is 2.33. The van der Waals surface area contributed by atoms with Crippen LogP contribution < -0.4 is 15.7 Å². The van der Waals surface area contributed by atoms with Gasteiger partial charge in [-0.25, -0.2) is 9.80 Å². The van der Waals surface area contributed by atoms with Gasteiger partial charge in [0.1, 0.15) is 25.6 Å². The maximum atomic E-state index is 12.0. The van der Waals surface area contributed by atoms with Crippen LogP contribution in [0.2, 0.25) is 0 Å². The van der Waals surface area contributed by atoms with Crippen LogP contribution in [0.1, 0.15) is 5.56 Å². The van der Waals surface area contributed by atoms with Gasteiger partial charge in [0.15, 0.2) is 5.70 Å². The monoisotopic (exact) mass is 277 g/mol. The fourth-order valence-electron chi connectivity index (χ4n) is 2.20. The van der Waals surface area contributed by atoms with E-state index in [0.29, 0.717) is 18.8 Å². The molecule has 1 fully saturated rings. The fourth-order valence-corrected chi connectivity index (χ4v) is 2.20. The number of carbonyl (C=O) groups is 1. The molecule has 2 aliphatic rings. The Bertz CT molecular complexity index is 532. The molecule has 1 unspecified atom stereocenters. The molecule has 1 aromatic carbocycles. The lowest BCUT2D eigenvalue weighted by Gasteiger charge is -2.29. The summed E-state index contributed by atoms with van der Waals surface area (Å²) in [7, 11) is 0. The maximum Gasteiger partial charge on any atom is 0.410 e. The molecule has 0 bridgehead atoms. The highest BCUT2D eigenvalue weighted by molar-refractivity contribution is 5.68. The highest BCUT2D eigenvalue weighted by Crippen LogP contribution is 2.08. The van der Waals surface area contributed by atoms with Crippen molar-refractivity contribution in [1.82, 2.24) is 10.5 Å². The van der Waals surface area contributed by atoms with Gasteiger partial charge in [-0.2, -0.15) is 0 Å². The largest absolute Gasteiger partial charge is 0.540 e. The number of nitrogens with zero attached hydrogens (tertiary/aromatic N) is 1. The van der Waals surface area contributed by atoms with Gasteiger partial charge in [-0.1, -0.05) is 35.9 Å². The summed E-state index contributed by atoms with van der Waals surface area (Å²) < 4.78 is 5.24. The van der Waals surface area contributed by atoms with Crippen LogP contribution in [0.5, 0.6) is 0 Å². The third-order valence-corrected chi connectivity index (χ3v) is 3.32. The van der Waals surface area contributed by atoms with Crippen LogP contribution in [0.15, 0.2) is 42.0 Å². The molecule has 7 nitrogen and oxygen atoms in total. The number of ether oxygens (including phenoxy) is 1. The molecule has 0 spiro atoms. The number of piperazine rings is 1. The van der Waals surface area contributed by atoms with Gasteiger partial charge in [0, 0.05) is 0 Å². The molecular formula is C13H15N3O4. The predicted molar refractivity (Wildman–Crippen MR) is 65.3 cm³/mol. The van der Waals surface area contributed by atoms with Crippen molar-refractivity contribution < 1.29 is 24.5 Å². The van der Waals surface area contributed by atoms with Crippen LogP contribution in [0.4, 0.5) is 4.79 Å². The average Bonchev–Trinajstić information content (AvgIpc) is 2.87. The van der Waals surface area contributed by atoms with E-state index >= 15 is 0 Å². The zero-order valence-electron chi connectivity index (χ0n) is 10.8. The molecule has 1 atom stereocenters. The molecule has 0 radical (unpaired) electrons. The average molecular weight is 277 g/mol. The summed E-state index contributed by atoms with van der Waals surface area (Å²) in [6.45, 7) is 1.54. The van der Waals surface area contributed by atoms with Gasteiger partial charge in [0.25, 0.3) is 0 Å². The normalized spacial score (nSPS) is 21.4. The van der Waals surface area contributed by atoms with Crippen molar-refractivity contribution in [3.63, 3.8) is 0 Å². The lowest BCUT2D eigenvalue weighted by Crippen LogP contribution is -3.17. The summed E-state index contributed by atoms with van der Waals surface area (Å²) in [5.74, 6) is -0.416. The quantitative estimate of drug-likeness (QED) is 0.688. The molecule has 0 saturated carbocycles. The van der Waals surface area contributed by atoms with E-state index in [-0.39, 0.29) is 13.2 Å². The van der Waals surface area contributed by atoms with E-state index in [2.05, 4.69) is 5.59 Å². The van der Waals surface area contributed by atoms with E-state index < -0.39 is 12.0 Å². The van der Waals surface area contributed by atoms with Gasteiger partial charge < -0.3 is 14.7 Å². The van der Waals surface area contributed by atoms with Gasteiger partial charge in [0.2, 0.25) is 0 Å². The molecule has 20 heavy (non-hydrogen) atoms. The molecule has 0 aromatic heterocycles. The van der Waals surface area contributed by atoms with Crippen molar-refractivity contribution in [2.75, 3.05) is 19.6 Å². The summed E-state index contributed by atoms with van der Waals surface area (Å²) in [5.41, 5.74) is 4.01. The second-order valence-electron chi connectivity index (χ2n) is 4.66. The lowest BCUT2D eigenvalue weighted by molar-refractivity contribution is -0.927. The Balaban J connectivity index is 1.57. The molecule has 2 heterocycles. The van der Waals surface area contributed by atoms with E-state index in [1.54, 1.807) is 0 Å². The zero-order valence-corrected chi connectivity index (χ0v) is 10.8. The van der Waals surface area contributed by atoms with Crippen molar-refractivity contribution >= 4 is 6.09 Å². The Morgan fingerprint density at radius 1 is 1.45 bits per heavy atom. The van der Waals surface area contributed by atoms with E-state index in [0.717, 1.165) is 10.6 Å². The smallest absolute Gasteiger partial charge is 0.410 e. The topological polar surface area (TPSA) is 78.3 Å². The second kappa shape index (κ2) is 5.40. The maximum absolute atomic E-state index is 12.0. The first-order valence-corrected chi connectivity index (χ1v) is 6.39. The van der Waals surface area contributed by atoms with Gasteiger partial charge >= 0.3 is 6.09 Å². The van der Waals surface area contributed by atoms with Crippen molar-refractivity contribution in [2.45, 2.75) is 6.61 Å². The number of nitrogens with one attached hydrogen (secondary N) is 2. The van der Waals surface area contributed by atoms with Gasteiger partial charge in [0.05, 0.1) is 6.54 Å². The van der Waals surface area contributed by atoms with Crippen LogP contribution >= 0.6 is 0 Å².